The van der Waals surface area contributed by atoms with E-state index in [0.29, 0.717) is 5.92 Å². The molecule has 0 N–H and O–H groups in total. The Morgan fingerprint density at radius 2 is 1.67 bits per heavy atom. The summed E-state index contributed by atoms with van der Waals surface area (Å²) in [7, 11) is 0. The van der Waals surface area contributed by atoms with Gasteiger partial charge in [-0.15, -0.1) is 0 Å². The van der Waals surface area contributed by atoms with E-state index in [0.717, 1.165) is 6.42 Å². The molecule has 0 saturated heterocycles. The van der Waals surface area contributed by atoms with Crippen molar-refractivity contribution < 1.29 is 0 Å². The third-order valence-corrected chi connectivity index (χ3v) is 4.42. The highest BCUT2D eigenvalue weighted by Crippen LogP contribution is 2.29. The minimum Gasteiger partial charge on any atom is -0.286 e. The average Bonchev–Trinajstić information content (AvgIpc) is 2.96. The molecule has 0 aromatic heterocycles. The molecule has 0 spiro atoms. The topological polar surface area (TPSA) is 12.4 Å². The number of hydrogen-bond acceptors (Lipinski definition) is 1. The minimum atomic E-state index is 0.276. The van der Waals surface area contributed by atoms with E-state index in [1.165, 1.54) is 36.1 Å². The zero-order valence-corrected chi connectivity index (χ0v) is 12.7. The SMILES string of the molecule is C[C@@H](N=C1CCCC1Cc1ccccc1)c1ccccc1. The van der Waals surface area contributed by atoms with Crippen LogP contribution in [-0.4, -0.2) is 5.71 Å². The third kappa shape index (κ3) is 3.60. The molecule has 1 nitrogen and oxygen atoms in total. The van der Waals surface area contributed by atoms with Crippen LogP contribution in [0, 0.1) is 5.92 Å². The molecular formula is C20H23N. The molecule has 2 aromatic carbocycles. The number of benzene rings is 2. The molecule has 108 valence electrons. The molecule has 1 unspecified atom stereocenters. The van der Waals surface area contributed by atoms with Gasteiger partial charge in [0.1, 0.15) is 0 Å². The van der Waals surface area contributed by atoms with Crippen molar-refractivity contribution in [2.45, 2.75) is 38.6 Å². The van der Waals surface area contributed by atoms with Gasteiger partial charge in [0.05, 0.1) is 6.04 Å². The molecule has 3 rings (SSSR count). The summed E-state index contributed by atoms with van der Waals surface area (Å²) >= 11 is 0. The second-order valence-corrected chi connectivity index (χ2v) is 5.99. The number of rotatable bonds is 4. The largest absolute Gasteiger partial charge is 0.286 e. The van der Waals surface area contributed by atoms with Crippen LogP contribution in [0.3, 0.4) is 0 Å². The highest BCUT2D eigenvalue weighted by atomic mass is 14.8. The van der Waals surface area contributed by atoms with Gasteiger partial charge in [0.25, 0.3) is 0 Å². The Labute approximate surface area is 127 Å². The van der Waals surface area contributed by atoms with E-state index >= 15 is 0 Å². The Bertz CT molecular complexity index is 586. The van der Waals surface area contributed by atoms with Crippen LogP contribution in [0.1, 0.15) is 43.4 Å². The van der Waals surface area contributed by atoms with Gasteiger partial charge in [0.15, 0.2) is 0 Å². The molecule has 1 heteroatoms. The third-order valence-electron chi connectivity index (χ3n) is 4.42. The van der Waals surface area contributed by atoms with Crippen LogP contribution in [0.2, 0.25) is 0 Å². The summed E-state index contributed by atoms with van der Waals surface area (Å²) in [4.78, 5) is 5.04. The smallest absolute Gasteiger partial charge is 0.0720 e. The van der Waals surface area contributed by atoms with Crippen LogP contribution >= 0.6 is 0 Å². The molecule has 0 amide bonds. The summed E-state index contributed by atoms with van der Waals surface area (Å²) < 4.78 is 0. The Morgan fingerprint density at radius 1 is 1.00 bits per heavy atom. The number of hydrogen-bond donors (Lipinski definition) is 0. The molecule has 1 fully saturated rings. The molecule has 1 saturated carbocycles. The van der Waals surface area contributed by atoms with Gasteiger partial charge in [0, 0.05) is 11.6 Å². The second kappa shape index (κ2) is 6.71. The lowest BCUT2D eigenvalue weighted by atomic mass is 9.96. The van der Waals surface area contributed by atoms with Gasteiger partial charge in [-0.2, -0.15) is 0 Å². The van der Waals surface area contributed by atoms with Crippen LogP contribution in [0.4, 0.5) is 0 Å². The van der Waals surface area contributed by atoms with Crippen LogP contribution < -0.4 is 0 Å². The second-order valence-electron chi connectivity index (χ2n) is 5.99. The van der Waals surface area contributed by atoms with Crippen molar-refractivity contribution in [3.8, 4) is 0 Å². The molecule has 2 aromatic rings. The van der Waals surface area contributed by atoms with Crippen LogP contribution in [0.5, 0.6) is 0 Å². The number of aliphatic imine (C=N–C) groups is 1. The Balaban J connectivity index is 1.73. The normalized spacial score (nSPS) is 21.6. The molecule has 1 aliphatic rings. The first-order valence-electron chi connectivity index (χ1n) is 7.98. The van der Waals surface area contributed by atoms with Gasteiger partial charge in [-0.1, -0.05) is 60.7 Å². The van der Waals surface area contributed by atoms with Crippen molar-refractivity contribution in [1.29, 1.82) is 0 Å². The van der Waals surface area contributed by atoms with Gasteiger partial charge in [-0.05, 0) is 43.7 Å². The van der Waals surface area contributed by atoms with Crippen molar-refractivity contribution >= 4 is 5.71 Å². The van der Waals surface area contributed by atoms with Crippen LogP contribution in [0.25, 0.3) is 0 Å². The van der Waals surface area contributed by atoms with Crippen molar-refractivity contribution in [1.82, 2.24) is 0 Å². The number of nitrogens with zero attached hydrogens (tertiary/aromatic N) is 1. The molecule has 0 bridgehead atoms. The van der Waals surface area contributed by atoms with Gasteiger partial charge >= 0.3 is 0 Å². The van der Waals surface area contributed by atoms with E-state index in [1.807, 2.05) is 0 Å². The van der Waals surface area contributed by atoms with Gasteiger partial charge in [-0.3, -0.25) is 4.99 Å². The quantitative estimate of drug-likeness (QED) is 0.725. The Hall–Kier alpha value is -1.89. The Morgan fingerprint density at radius 3 is 2.38 bits per heavy atom. The molecule has 1 aliphatic carbocycles. The van der Waals surface area contributed by atoms with E-state index in [9.17, 15) is 0 Å². The maximum Gasteiger partial charge on any atom is 0.0720 e. The van der Waals surface area contributed by atoms with Gasteiger partial charge in [0.2, 0.25) is 0 Å². The van der Waals surface area contributed by atoms with E-state index in [-0.39, 0.29) is 6.04 Å². The van der Waals surface area contributed by atoms with E-state index in [2.05, 4.69) is 67.6 Å². The fraction of sp³-hybridized carbons (Fsp3) is 0.350. The lowest BCUT2D eigenvalue weighted by molar-refractivity contribution is 0.656. The maximum atomic E-state index is 5.04. The van der Waals surface area contributed by atoms with E-state index in [1.54, 1.807) is 0 Å². The van der Waals surface area contributed by atoms with E-state index < -0.39 is 0 Å². The summed E-state index contributed by atoms with van der Waals surface area (Å²) in [5.41, 5.74) is 4.18. The van der Waals surface area contributed by atoms with Crippen molar-refractivity contribution in [3.05, 3.63) is 71.8 Å². The monoisotopic (exact) mass is 277 g/mol. The molecule has 21 heavy (non-hydrogen) atoms. The molecular weight excluding hydrogens is 254 g/mol. The summed E-state index contributed by atoms with van der Waals surface area (Å²) in [5.74, 6) is 0.638. The first-order chi connectivity index (χ1) is 10.3. The fourth-order valence-electron chi connectivity index (χ4n) is 3.24. The summed E-state index contributed by atoms with van der Waals surface area (Å²) in [6.45, 7) is 2.21. The lowest BCUT2D eigenvalue weighted by Gasteiger charge is -2.14. The summed E-state index contributed by atoms with van der Waals surface area (Å²) in [5, 5.41) is 0. The molecule has 0 aliphatic heterocycles. The average molecular weight is 277 g/mol. The molecule has 0 heterocycles. The highest BCUT2D eigenvalue weighted by molar-refractivity contribution is 5.89. The Kier molecular flexibility index (Phi) is 4.49. The zero-order valence-electron chi connectivity index (χ0n) is 12.7. The van der Waals surface area contributed by atoms with Gasteiger partial charge in [-0.25, -0.2) is 0 Å². The lowest BCUT2D eigenvalue weighted by Crippen LogP contribution is -2.11. The van der Waals surface area contributed by atoms with Crippen molar-refractivity contribution in [2.24, 2.45) is 10.9 Å². The van der Waals surface area contributed by atoms with Crippen LogP contribution in [-0.2, 0) is 6.42 Å². The fourth-order valence-corrected chi connectivity index (χ4v) is 3.24. The first kappa shape index (κ1) is 14.1. The van der Waals surface area contributed by atoms with Crippen molar-refractivity contribution in [2.75, 3.05) is 0 Å². The summed E-state index contributed by atoms with van der Waals surface area (Å²) in [6.07, 6.45) is 4.89. The maximum absolute atomic E-state index is 5.04. The summed E-state index contributed by atoms with van der Waals surface area (Å²) in [6, 6.07) is 21.7. The predicted octanol–water partition coefficient (Wildman–Crippen LogP) is 5.23. The van der Waals surface area contributed by atoms with E-state index in [4.69, 9.17) is 4.99 Å². The molecule has 0 radical (unpaired) electrons. The standard InChI is InChI=1S/C20H23N/c1-16(18-11-6-3-7-12-18)21-20-14-8-13-19(20)15-17-9-4-2-5-10-17/h2-7,9-12,16,19H,8,13-15H2,1H3/t16-,19?/m1/s1. The first-order valence-corrected chi connectivity index (χ1v) is 7.98. The minimum absolute atomic E-state index is 0.276. The van der Waals surface area contributed by atoms with Crippen LogP contribution in [0.15, 0.2) is 65.7 Å². The zero-order chi connectivity index (χ0) is 14.5. The van der Waals surface area contributed by atoms with Gasteiger partial charge < -0.3 is 0 Å². The van der Waals surface area contributed by atoms with Crippen molar-refractivity contribution in [3.63, 3.8) is 0 Å². The predicted molar refractivity (Wildman–Crippen MR) is 89.8 cm³/mol. The molecule has 2 atom stereocenters. The highest BCUT2D eigenvalue weighted by Gasteiger charge is 2.23.